The predicted octanol–water partition coefficient (Wildman–Crippen LogP) is 3.35. The molecule has 0 spiro atoms. The molecule has 0 saturated carbocycles. The molecule has 1 atom stereocenters. The lowest BCUT2D eigenvalue weighted by Gasteiger charge is -2.04. The van der Waals surface area contributed by atoms with Crippen LogP contribution in [-0.2, 0) is 6.42 Å². The molecule has 1 aromatic heterocycles. The Kier molecular flexibility index (Phi) is 1.96. The van der Waals surface area contributed by atoms with Gasteiger partial charge in [-0.3, -0.25) is 0 Å². The van der Waals surface area contributed by atoms with Gasteiger partial charge in [0.2, 0.25) is 0 Å². The van der Waals surface area contributed by atoms with E-state index in [2.05, 4.69) is 45.3 Å². The van der Waals surface area contributed by atoms with Crippen LogP contribution in [0.2, 0.25) is 0 Å². The number of para-hydroxylation sites is 1. The molecule has 3 heteroatoms. The van der Waals surface area contributed by atoms with Gasteiger partial charge >= 0.3 is 0 Å². The van der Waals surface area contributed by atoms with Gasteiger partial charge in [-0.05, 0) is 47.0 Å². The summed E-state index contributed by atoms with van der Waals surface area (Å²) < 4.78 is 1.06. The topological polar surface area (TPSA) is 24.9 Å². The van der Waals surface area contributed by atoms with Crippen molar-refractivity contribution in [1.82, 2.24) is 4.98 Å². The standard InChI is InChI=1S/C12H11BrN2/c1-7-5-9-6-8-3-2-4-10(13)11(8)15-12(9)14-7/h2-4,6-7H,5H2,1H3,(H,14,15). The van der Waals surface area contributed by atoms with E-state index < -0.39 is 0 Å². The lowest BCUT2D eigenvalue weighted by atomic mass is 10.1. The van der Waals surface area contributed by atoms with E-state index in [4.69, 9.17) is 0 Å². The number of fused-ring (bicyclic) bond motifs is 2. The number of hydrogen-bond acceptors (Lipinski definition) is 2. The highest BCUT2D eigenvalue weighted by atomic mass is 79.9. The summed E-state index contributed by atoms with van der Waals surface area (Å²) in [7, 11) is 0. The summed E-state index contributed by atoms with van der Waals surface area (Å²) in [4.78, 5) is 4.65. The van der Waals surface area contributed by atoms with Crippen molar-refractivity contribution in [2.75, 3.05) is 5.32 Å². The number of anilines is 1. The molecule has 76 valence electrons. The van der Waals surface area contributed by atoms with Gasteiger partial charge in [0.05, 0.1) is 5.52 Å². The highest BCUT2D eigenvalue weighted by molar-refractivity contribution is 9.10. The highest BCUT2D eigenvalue weighted by Crippen LogP contribution is 2.30. The molecule has 1 N–H and O–H groups in total. The molecular weight excluding hydrogens is 252 g/mol. The zero-order valence-corrected chi connectivity index (χ0v) is 10.0. The number of pyridine rings is 1. The van der Waals surface area contributed by atoms with E-state index in [1.165, 1.54) is 10.9 Å². The quantitative estimate of drug-likeness (QED) is 0.788. The molecule has 1 aliphatic heterocycles. The van der Waals surface area contributed by atoms with E-state index in [1.54, 1.807) is 0 Å². The van der Waals surface area contributed by atoms with Crippen molar-refractivity contribution in [2.45, 2.75) is 19.4 Å². The first kappa shape index (κ1) is 9.16. The van der Waals surface area contributed by atoms with Gasteiger partial charge in [0.1, 0.15) is 5.82 Å². The van der Waals surface area contributed by atoms with Crippen molar-refractivity contribution < 1.29 is 0 Å². The molecule has 15 heavy (non-hydrogen) atoms. The van der Waals surface area contributed by atoms with Crippen LogP contribution in [0.5, 0.6) is 0 Å². The summed E-state index contributed by atoms with van der Waals surface area (Å²) in [5.41, 5.74) is 2.37. The molecule has 1 unspecified atom stereocenters. The second-order valence-electron chi connectivity index (χ2n) is 4.06. The summed E-state index contributed by atoms with van der Waals surface area (Å²) in [6, 6.07) is 8.92. The van der Waals surface area contributed by atoms with E-state index in [0.717, 1.165) is 22.2 Å². The van der Waals surface area contributed by atoms with Crippen molar-refractivity contribution in [2.24, 2.45) is 0 Å². The summed E-state index contributed by atoms with van der Waals surface area (Å²) >= 11 is 3.53. The Labute approximate surface area is 96.8 Å². The first-order valence-electron chi connectivity index (χ1n) is 5.09. The third kappa shape index (κ3) is 1.42. The van der Waals surface area contributed by atoms with Crippen LogP contribution in [0, 0.1) is 0 Å². The largest absolute Gasteiger partial charge is 0.367 e. The predicted molar refractivity (Wildman–Crippen MR) is 66.2 cm³/mol. The van der Waals surface area contributed by atoms with Gasteiger partial charge in [0.25, 0.3) is 0 Å². The fraction of sp³-hybridized carbons (Fsp3) is 0.250. The maximum atomic E-state index is 4.65. The zero-order chi connectivity index (χ0) is 10.4. The molecule has 1 aromatic carbocycles. The molecule has 0 saturated heterocycles. The van der Waals surface area contributed by atoms with Gasteiger partial charge in [0, 0.05) is 15.9 Å². The third-order valence-electron chi connectivity index (χ3n) is 2.78. The monoisotopic (exact) mass is 262 g/mol. The molecule has 0 aliphatic carbocycles. The van der Waals surface area contributed by atoms with E-state index in [-0.39, 0.29) is 0 Å². The van der Waals surface area contributed by atoms with E-state index in [9.17, 15) is 0 Å². The van der Waals surface area contributed by atoms with Gasteiger partial charge in [0.15, 0.2) is 0 Å². The number of aromatic nitrogens is 1. The molecule has 0 amide bonds. The molecule has 2 aromatic rings. The number of rotatable bonds is 0. The van der Waals surface area contributed by atoms with Crippen molar-refractivity contribution in [3.05, 3.63) is 34.3 Å². The van der Waals surface area contributed by atoms with Crippen LogP contribution in [0.15, 0.2) is 28.7 Å². The molecule has 0 fully saturated rings. The molecule has 0 bridgehead atoms. The van der Waals surface area contributed by atoms with Gasteiger partial charge in [-0.2, -0.15) is 0 Å². The first-order chi connectivity index (χ1) is 7.24. The third-order valence-corrected chi connectivity index (χ3v) is 3.42. The highest BCUT2D eigenvalue weighted by Gasteiger charge is 2.18. The van der Waals surface area contributed by atoms with E-state index in [0.29, 0.717) is 6.04 Å². The van der Waals surface area contributed by atoms with Crippen LogP contribution in [0.3, 0.4) is 0 Å². The molecular formula is C12H11BrN2. The van der Waals surface area contributed by atoms with Crippen molar-refractivity contribution in [1.29, 1.82) is 0 Å². The summed E-state index contributed by atoms with van der Waals surface area (Å²) in [5.74, 6) is 1.04. The van der Waals surface area contributed by atoms with Gasteiger partial charge in [-0.15, -0.1) is 0 Å². The molecule has 2 nitrogen and oxygen atoms in total. The Morgan fingerprint density at radius 2 is 2.33 bits per heavy atom. The first-order valence-corrected chi connectivity index (χ1v) is 5.88. The Bertz CT molecular complexity index is 536. The van der Waals surface area contributed by atoms with Crippen LogP contribution in [-0.4, -0.2) is 11.0 Å². The number of halogens is 1. The number of nitrogens with one attached hydrogen (secondary N) is 1. The number of nitrogens with zero attached hydrogens (tertiary/aromatic N) is 1. The normalized spacial score (nSPS) is 18.9. The SMILES string of the molecule is CC1Cc2cc3cccc(Br)c3nc2N1. The summed E-state index contributed by atoms with van der Waals surface area (Å²) in [6.07, 6.45) is 1.07. The van der Waals surface area contributed by atoms with Crippen molar-refractivity contribution in [3.8, 4) is 0 Å². The van der Waals surface area contributed by atoms with Crippen LogP contribution in [0.25, 0.3) is 10.9 Å². The minimum atomic E-state index is 0.503. The second kappa shape index (κ2) is 3.20. The number of benzene rings is 1. The summed E-state index contributed by atoms with van der Waals surface area (Å²) in [5, 5.41) is 4.59. The smallest absolute Gasteiger partial charge is 0.130 e. The van der Waals surface area contributed by atoms with Crippen molar-refractivity contribution in [3.63, 3.8) is 0 Å². The Morgan fingerprint density at radius 3 is 3.20 bits per heavy atom. The lowest BCUT2D eigenvalue weighted by Crippen LogP contribution is -2.08. The van der Waals surface area contributed by atoms with E-state index >= 15 is 0 Å². The molecule has 2 heterocycles. The fourth-order valence-electron chi connectivity index (χ4n) is 2.10. The van der Waals surface area contributed by atoms with Crippen LogP contribution >= 0.6 is 15.9 Å². The van der Waals surface area contributed by atoms with Crippen LogP contribution in [0.4, 0.5) is 5.82 Å². The maximum absolute atomic E-state index is 4.65. The van der Waals surface area contributed by atoms with Gasteiger partial charge in [-0.1, -0.05) is 12.1 Å². The minimum Gasteiger partial charge on any atom is -0.367 e. The summed E-state index contributed by atoms with van der Waals surface area (Å²) in [6.45, 7) is 2.18. The number of hydrogen-bond donors (Lipinski definition) is 1. The lowest BCUT2D eigenvalue weighted by molar-refractivity contribution is 0.839. The minimum absolute atomic E-state index is 0.503. The average molecular weight is 263 g/mol. The molecule has 0 radical (unpaired) electrons. The van der Waals surface area contributed by atoms with E-state index in [1.807, 2.05) is 12.1 Å². The molecule has 1 aliphatic rings. The van der Waals surface area contributed by atoms with Gasteiger partial charge < -0.3 is 5.32 Å². The molecule has 3 rings (SSSR count). The second-order valence-corrected chi connectivity index (χ2v) is 4.91. The van der Waals surface area contributed by atoms with Crippen molar-refractivity contribution >= 4 is 32.7 Å². The van der Waals surface area contributed by atoms with Crippen LogP contribution in [0.1, 0.15) is 12.5 Å². The Hall–Kier alpha value is -1.09. The average Bonchev–Trinajstić information content (AvgIpc) is 2.55. The Morgan fingerprint density at radius 1 is 1.47 bits per heavy atom. The zero-order valence-electron chi connectivity index (χ0n) is 8.42. The van der Waals surface area contributed by atoms with Crippen LogP contribution < -0.4 is 5.32 Å². The van der Waals surface area contributed by atoms with Gasteiger partial charge in [-0.25, -0.2) is 4.98 Å². The maximum Gasteiger partial charge on any atom is 0.130 e. The fourth-order valence-corrected chi connectivity index (χ4v) is 2.57. The Balaban J connectivity index is 2.30.